The maximum atomic E-state index is 14.9. The third-order valence-corrected chi connectivity index (χ3v) is 18.8. The van der Waals surface area contributed by atoms with E-state index in [2.05, 4.69) is 73.3 Å². The van der Waals surface area contributed by atoms with Crippen LogP contribution in [-0.4, -0.2) is 309 Å². The molecule has 5 rings (SSSR count). The van der Waals surface area contributed by atoms with Crippen molar-refractivity contribution in [2.75, 3.05) is 105 Å². The minimum absolute atomic E-state index is 0.0181. The lowest BCUT2D eigenvalue weighted by Gasteiger charge is -2.32. The van der Waals surface area contributed by atoms with Gasteiger partial charge in [-0.1, -0.05) is 48.5 Å². The van der Waals surface area contributed by atoms with Crippen molar-refractivity contribution in [3.8, 4) is 0 Å². The number of hydrogen-bond donors (Lipinski definition) is 25. The fourth-order valence-electron chi connectivity index (χ4n) is 12.4. The van der Waals surface area contributed by atoms with Gasteiger partial charge in [-0.05, 0) is 81.5 Å². The number of guanidine groups is 3. The quantitative estimate of drug-likeness (QED) is 0.0109. The number of hydrogen-bond acceptors (Lipinski definition) is 20. The molecule has 3 aromatic rings. The molecule has 634 valence electrons. The molecular formula is C68H106N25O21P. The van der Waals surface area contributed by atoms with Crippen molar-refractivity contribution in [2.24, 2.45) is 22.9 Å². The van der Waals surface area contributed by atoms with Gasteiger partial charge in [0.1, 0.15) is 48.3 Å². The molecule has 2 fully saturated rings. The summed E-state index contributed by atoms with van der Waals surface area (Å²) in [5.41, 5.74) is 23.6. The number of nitrogens with two attached hydrogens (primary N) is 4. The second kappa shape index (κ2) is 47.4. The predicted octanol–water partition coefficient (Wildman–Crippen LogP) is -5.99. The molecule has 1 aromatic heterocycles. The summed E-state index contributed by atoms with van der Waals surface area (Å²) in [6.07, 6.45) is -3.42. The maximum absolute atomic E-state index is 14.9. The van der Waals surface area contributed by atoms with Gasteiger partial charge >= 0.3 is 26.1 Å². The molecule has 2 aliphatic rings. The van der Waals surface area contributed by atoms with Crippen molar-refractivity contribution in [1.82, 2.24) is 93.3 Å². The first-order valence-corrected chi connectivity index (χ1v) is 38.4. The van der Waals surface area contributed by atoms with Gasteiger partial charge < -0.3 is 136 Å². The van der Waals surface area contributed by atoms with Crippen LogP contribution in [0.25, 0.3) is 10.9 Å². The number of primary amides is 1. The average Bonchev–Trinajstić information content (AvgIpc) is 1.70. The number of fused-ring (bicyclic) bond motifs is 1. The Morgan fingerprint density at radius 3 is 1.48 bits per heavy atom. The Morgan fingerprint density at radius 2 is 0.974 bits per heavy atom. The van der Waals surface area contributed by atoms with Gasteiger partial charge in [0.05, 0.1) is 19.6 Å². The molecule has 2 aliphatic heterocycles. The molecule has 2 aromatic carbocycles. The Kier molecular flexibility index (Phi) is 38.5. The van der Waals surface area contributed by atoms with Crippen LogP contribution >= 0.6 is 7.82 Å². The molecule has 2 saturated heterocycles. The van der Waals surface area contributed by atoms with E-state index >= 15 is 0 Å². The molecule has 0 spiro atoms. The standard InChI is InChI=1S/C68H106N25O21P/c1-40(94)82-49(35-42-37-80-44-15-6-5-14-43(42)44)59(101)88-50(36-53(95)76-23-11-24-89-26-28-90(66(105)106)30-32-92(68(109)110)33-31-91(29-27-89)67(107)108)62(104)93-25-10-19-52(93)61(103)81-38-54(96)83-51(39-114-115(111,112)113)60(102)87-48(34-41-12-3-2-4-13-41)58(100)86-47(18-9-22-79-65(74)75)57(99)85-46(17-8-21-78-64(72)73)56(98)84-45(55(69)97)16-7-20-77-63(70)71/h2-6,12-15,37,45-52,80H,7-11,16-36,38-39H2,1H3,(H2,69,97)(H,76,95)(H,81,103)(H,82,94)(H,83,96)(H,84,98)(H,85,99)(H,86,100)(H,87,102)(H,88,101)(H,105,106)(H,107,108)(H,109,110)(H4,70,71,77)(H4,72,73,78)(H4,74,75,79)(H2,111,112,113)/t45-,46-,47-,48-,49-,50-,51-,52-/m0/s1. The van der Waals surface area contributed by atoms with Crippen LogP contribution in [0.1, 0.15) is 82.3 Å². The maximum Gasteiger partial charge on any atom is 0.469 e. The number of nitrogens with zero attached hydrogens (tertiary/aromatic N) is 5. The SMILES string of the molecule is CC(=O)N[C@@H](Cc1c[nH]c2ccccc12)C(=O)N[C@@H](CC(=O)NCCCN1CCN(C(=O)O)CCN(C(=O)O)CCN(C(=O)O)CC1)C(=O)N1CCC[C@H]1C(=O)NCC(=O)N[C@@H](COP(=O)(O)O)C(=O)N[C@@H](Cc1ccccc1)C(=O)N[C@@H](CCCNC(=N)N)C(=O)N[C@@H](CCCNC(=N)N)C(=O)N[C@@H](CCCNC(=N)N)C(N)=O. The minimum atomic E-state index is -5.46. The van der Waals surface area contributed by atoms with Gasteiger partial charge in [0.25, 0.3) is 0 Å². The fourth-order valence-corrected chi connectivity index (χ4v) is 12.8. The summed E-state index contributed by atoms with van der Waals surface area (Å²) < 4.78 is 16.8. The van der Waals surface area contributed by atoms with Crippen molar-refractivity contribution in [1.29, 1.82) is 16.2 Å². The van der Waals surface area contributed by atoms with Gasteiger partial charge in [0.2, 0.25) is 65.0 Å². The number of para-hydroxylation sites is 1. The Bertz CT molecular complexity index is 3920. The van der Waals surface area contributed by atoms with Gasteiger partial charge in [0, 0.05) is 122 Å². The molecular weight excluding hydrogens is 1530 g/mol. The second-order valence-electron chi connectivity index (χ2n) is 27.0. The smallest absolute Gasteiger partial charge is 0.465 e. The van der Waals surface area contributed by atoms with Crippen molar-refractivity contribution in [3.05, 3.63) is 71.9 Å². The summed E-state index contributed by atoms with van der Waals surface area (Å²) >= 11 is 0. The third kappa shape index (κ3) is 34.0. The Labute approximate surface area is 660 Å². The lowest BCUT2D eigenvalue weighted by atomic mass is 10.0. The Morgan fingerprint density at radius 1 is 0.522 bits per heavy atom. The first kappa shape index (κ1) is 93.4. The minimum Gasteiger partial charge on any atom is -0.465 e. The van der Waals surface area contributed by atoms with Crippen LogP contribution in [0.15, 0.2) is 60.8 Å². The number of rotatable bonds is 42. The van der Waals surface area contributed by atoms with E-state index in [0.29, 0.717) is 22.0 Å². The van der Waals surface area contributed by atoms with E-state index in [4.69, 9.17) is 39.2 Å². The molecule has 3 heterocycles. The number of H-pyrrole nitrogens is 1. The molecule has 0 aliphatic carbocycles. The number of amides is 14. The fraction of sp³-hybridized carbons (Fsp3) is 0.544. The Hall–Kier alpha value is -12.2. The molecule has 46 nitrogen and oxygen atoms in total. The van der Waals surface area contributed by atoms with E-state index in [1.807, 2.05) is 0 Å². The number of carbonyl (C=O) groups excluding carboxylic acids is 11. The average molecular weight is 1640 g/mol. The molecule has 29 N–H and O–H groups in total. The zero-order valence-electron chi connectivity index (χ0n) is 63.5. The topological polar surface area (TPSA) is 718 Å². The summed E-state index contributed by atoms with van der Waals surface area (Å²) in [4.78, 5) is 219. The number of aromatic amines is 1. The molecule has 47 heteroatoms. The van der Waals surface area contributed by atoms with Crippen LogP contribution in [-0.2, 0) is 74.7 Å². The molecule has 14 amide bonds. The molecule has 0 saturated carbocycles. The molecule has 0 radical (unpaired) electrons. The van der Waals surface area contributed by atoms with Crippen molar-refractivity contribution in [2.45, 2.75) is 132 Å². The van der Waals surface area contributed by atoms with Gasteiger partial charge in [0.15, 0.2) is 17.9 Å². The highest BCUT2D eigenvalue weighted by Gasteiger charge is 2.41. The molecule has 0 unspecified atom stereocenters. The molecule has 0 bridgehead atoms. The van der Waals surface area contributed by atoms with E-state index < -0.39 is 171 Å². The highest BCUT2D eigenvalue weighted by molar-refractivity contribution is 7.46. The number of nitrogens with one attached hydrogen (secondary N) is 16. The highest BCUT2D eigenvalue weighted by Crippen LogP contribution is 2.35. The zero-order chi connectivity index (χ0) is 84.9. The number of aromatic nitrogens is 1. The van der Waals surface area contributed by atoms with Gasteiger partial charge in [-0.25, -0.2) is 18.9 Å². The number of carboxylic acid groups (broad SMARTS) is 3. The summed E-state index contributed by atoms with van der Waals surface area (Å²) in [5, 5.41) is 83.1. The number of phosphoric acid groups is 1. The monoisotopic (exact) mass is 1640 g/mol. The third-order valence-electron chi connectivity index (χ3n) is 18.4. The number of likely N-dealkylation sites (tertiary alicyclic amines) is 1. The normalized spacial score (nSPS) is 15.9. The van der Waals surface area contributed by atoms with Crippen LogP contribution in [0.4, 0.5) is 14.4 Å². The predicted molar refractivity (Wildman–Crippen MR) is 411 cm³/mol. The van der Waals surface area contributed by atoms with E-state index in [-0.39, 0.29) is 168 Å². The van der Waals surface area contributed by atoms with Crippen LogP contribution in [0.3, 0.4) is 0 Å². The van der Waals surface area contributed by atoms with Gasteiger partial charge in [-0.3, -0.25) is 78.4 Å². The highest BCUT2D eigenvalue weighted by atomic mass is 31.2. The summed E-state index contributed by atoms with van der Waals surface area (Å²) in [5.74, 6) is -11.9. The zero-order valence-corrected chi connectivity index (χ0v) is 64.3. The number of phosphoric ester groups is 1. The first-order valence-electron chi connectivity index (χ1n) is 36.9. The van der Waals surface area contributed by atoms with Crippen molar-refractivity contribution < 1.29 is 101 Å². The summed E-state index contributed by atoms with van der Waals surface area (Å²) in [6, 6.07) is 2.43. The lowest BCUT2D eigenvalue weighted by Crippen LogP contribution is -2.60. The molecule has 8 atom stereocenters. The van der Waals surface area contributed by atoms with Crippen LogP contribution in [0.2, 0.25) is 0 Å². The van der Waals surface area contributed by atoms with E-state index in [1.54, 1.807) is 65.7 Å². The largest absolute Gasteiger partial charge is 0.469 e. The first-order chi connectivity index (χ1) is 54.5. The second-order valence-corrected chi connectivity index (χ2v) is 28.3. The molecule has 115 heavy (non-hydrogen) atoms. The van der Waals surface area contributed by atoms with Gasteiger partial charge in [-0.2, -0.15) is 0 Å². The number of benzene rings is 2. The van der Waals surface area contributed by atoms with Gasteiger partial charge in [-0.15, -0.1) is 0 Å². The lowest BCUT2D eigenvalue weighted by molar-refractivity contribution is -0.143. The van der Waals surface area contributed by atoms with Crippen LogP contribution < -0.4 is 86.7 Å². The number of carbonyl (C=O) groups is 14. The Balaban J connectivity index is 1.36. The summed E-state index contributed by atoms with van der Waals surface area (Å²) in [7, 11) is -5.46. The van der Waals surface area contributed by atoms with E-state index in [0.717, 1.165) is 26.5 Å². The summed E-state index contributed by atoms with van der Waals surface area (Å²) in [6.45, 7) is -1.94. The van der Waals surface area contributed by atoms with Crippen molar-refractivity contribution >= 4 is 120 Å². The van der Waals surface area contributed by atoms with Crippen LogP contribution in [0, 0.1) is 16.2 Å². The van der Waals surface area contributed by atoms with Crippen LogP contribution in [0.5, 0.6) is 0 Å². The van der Waals surface area contributed by atoms with Crippen molar-refractivity contribution in [3.63, 3.8) is 0 Å². The van der Waals surface area contributed by atoms with E-state index in [9.17, 15) is 96.8 Å². The van der Waals surface area contributed by atoms with E-state index in [1.165, 1.54) is 0 Å².